The van der Waals surface area contributed by atoms with Gasteiger partial charge in [-0.1, -0.05) is 23.2 Å². The molecule has 4 nitrogen and oxygen atoms in total. The van der Waals surface area contributed by atoms with Gasteiger partial charge in [0.15, 0.2) is 0 Å². The predicted octanol–water partition coefficient (Wildman–Crippen LogP) is 2.99. The van der Waals surface area contributed by atoms with E-state index in [0.717, 1.165) is 4.57 Å². The van der Waals surface area contributed by atoms with Crippen LogP contribution in [0.2, 0.25) is 10.0 Å². The molecule has 0 unspecified atom stereocenters. The molecule has 0 radical (unpaired) electrons. The van der Waals surface area contributed by atoms with Gasteiger partial charge < -0.3 is 4.98 Å². The lowest BCUT2D eigenvalue weighted by Crippen LogP contribution is -2.33. The van der Waals surface area contributed by atoms with Crippen LogP contribution in [0.4, 0.5) is 0 Å². The second kappa shape index (κ2) is 4.81. The lowest BCUT2D eigenvalue weighted by atomic mass is 10.2. The zero-order valence-electron chi connectivity index (χ0n) is 10.1. The van der Waals surface area contributed by atoms with Crippen molar-refractivity contribution in [2.24, 2.45) is 0 Å². The van der Waals surface area contributed by atoms with Crippen molar-refractivity contribution < 1.29 is 0 Å². The summed E-state index contributed by atoms with van der Waals surface area (Å²) in [5, 5.41) is 1.38. The highest BCUT2D eigenvalue weighted by Crippen LogP contribution is 2.15. The summed E-state index contributed by atoms with van der Waals surface area (Å²) >= 11 is 11.7. The summed E-state index contributed by atoms with van der Waals surface area (Å²) < 4.78 is 1.06. The lowest BCUT2D eigenvalue weighted by molar-refractivity contribution is 0.901. The largest absolute Gasteiger partial charge is 0.333 e. The Morgan fingerprint density at radius 1 is 0.900 bits per heavy atom. The minimum atomic E-state index is -0.521. The van der Waals surface area contributed by atoms with Crippen LogP contribution in [0.25, 0.3) is 16.6 Å². The second-order valence-corrected chi connectivity index (χ2v) is 5.11. The van der Waals surface area contributed by atoms with E-state index in [-0.39, 0.29) is 0 Å². The molecule has 0 aliphatic carbocycles. The van der Waals surface area contributed by atoms with Crippen molar-refractivity contribution in [2.75, 3.05) is 0 Å². The van der Waals surface area contributed by atoms with Crippen molar-refractivity contribution in [2.45, 2.75) is 0 Å². The normalized spacial score (nSPS) is 10.9. The molecule has 1 aromatic heterocycles. The number of hydrogen-bond donors (Lipinski definition) is 1. The third-order valence-corrected chi connectivity index (χ3v) is 3.43. The molecule has 100 valence electrons. The SMILES string of the molecule is O=c1[nH]c2cc(Cl)ccc2c(=O)n1-c1ccc(Cl)cc1. The summed E-state index contributed by atoms with van der Waals surface area (Å²) in [5.74, 6) is 0. The van der Waals surface area contributed by atoms with Gasteiger partial charge in [0, 0.05) is 10.0 Å². The van der Waals surface area contributed by atoms with Gasteiger partial charge in [-0.15, -0.1) is 0 Å². The van der Waals surface area contributed by atoms with Gasteiger partial charge in [0.25, 0.3) is 5.56 Å². The minimum Gasteiger partial charge on any atom is -0.306 e. The zero-order valence-corrected chi connectivity index (χ0v) is 11.6. The summed E-state index contributed by atoms with van der Waals surface area (Å²) in [6.45, 7) is 0. The number of benzene rings is 2. The number of aromatic amines is 1. The van der Waals surface area contributed by atoms with Crippen molar-refractivity contribution in [3.05, 3.63) is 73.3 Å². The lowest BCUT2D eigenvalue weighted by Gasteiger charge is -2.06. The molecule has 3 rings (SSSR count). The van der Waals surface area contributed by atoms with E-state index in [0.29, 0.717) is 26.6 Å². The van der Waals surface area contributed by atoms with E-state index >= 15 is 0 Å². The molecular weight excluding hydrogens is 299 g/mol. The summed E-state index contributed by atoms with van der Waals surface area (Å²) in [6, 6.07) is 11.2. The number of aromatic nitrogens is 2. The fraction of sp³-hybridized carbons (Fsp3) is 0. The van der Waals surface area contributed by atoms with Crippen LogP contribution in [0.3, 0.4) is 0 Å². The molecule has 0 aliphatic heterocycles. The maximum absolute atomic E-state index is 12.4. The summed E-state index contributed by atoms with van der Waals surface area (Å²) in [4.78, 5) is 27.1. The number of halogens is 2. The molecule has 0 spiro atoms. The van der Waals surface area contributed by atoms with E-state index in [4.69, 9.17) is 23.2 Å². The highest BCUT2D eigenvalue weighted by Gasteiger charge is 2.09. The van der Waals surface area contributed by atoms with E-state index in [9.17, 15) is 9.59 Å². The Hall–Kier alpha value is -2.04. The predicted molar refractivity (Wildman–Crippen MR) is 80.2 cm³/mol. The van der Waals surface area contributed by atoms with Crippen LogP contribution in [0.5, 0.6) is 0 Å². The fourth-order valence-electron chi connectivity index (χ4n) is 2.01. The monoisotopic (exact) mass is 306 g/mol. The third kappa shape index (κ3) is 2.13. The van der Waals surface area contributed by atoms with Crippen LogP contribution in [0, 0.1) is 0 Å². The zero-order chi connectivity index (χ0) is 14.3. The molecule has 6 heteroatoms. The topological polar surface area (TPSA) is 54.9 Å². The van der Waals surface area contributed by atoms with Crippen LogP contribution in [-0.2, 0) is 0 Å². The van der Waals surface area contributed by atoms with Gasteiger partial charge >= 0.3 is 5.69 Å². The average Bonchev–Trinajstić information content (AvgIpc) is 2.40. The summed E-state index contributed by atoms with van der Waals surface area (Å²) in [6.07, 6.45) is 0. The van der Waals surface area contributed by atoms with Crippen LogP contribution in [0.15, 0.2) is 52.1 Å². The molecular formula is C14H8Cl2N2O2. The molecule has 0 amide bonds. The molecule has 20 heavy (non-hydrogen) atoms. The molecule has 2 aromatic carbocycles. The van der Waals surface area contributed by atoms with E-state index in [1.165, 1.54) is 0 Å². The van der Waals surface area contributed by atoms with E-state index < -0.39 is 11.2 Å². The van der Waals surface area contributed by atoms with Gasteiger partial charge in [0.05, 0.1) is 16.6 Å². The van der Waals surface area contributed by atoms with Gasteiger partial charge in [0.2, 0.25) is 0 Å². The van der Waals surface area contributed by atoms with Crippen LogP contribution in [0.1, 0.15) is 0 Å². The Kier molecular flexibility index (Phi) is 3.12. The highest BCUT2D eigenvalue weighted by molar-refractivity contribution is 6.31. The Morgan fingerprint density at radius 2 is 1.55 bits per heavy atom. The van der Waals surface area contributed by atoms with Gasteiger partial charge in [-0.2, -0.15) is 0 Å². The van der Waals surface area contributed by atoms with E-state index in [1.807, 2.05) is 0 Å². The maximum Gasteiger partial charge on any atom is 0.333 e. The van der Waals surface area contributed by atoms with Gasteiger partial charge in [-0.05, 0) is 42.5 Å². The first kappa shape index (κ1) is 13.0. The molecule has 0 saturated heterocycles. The van der Waals surface area contributed by atoms with Crippen molar-refractivity contribution in [3.63, 3.8) is 0 Å². The Balaban J connectivity index is 2.37. The third-order valence-electron chi connectivity index (χ3n) is 2.94. The molecule has 1 N–H and O–H groups in total. The maximum atomic E-state index is 12.4. The Bertz CT molecular complexity index is 911. The number of nitrogens with one attached hydrogen (secondary N) is 1. The van der Waals surface area contributed by atoms with Crippen molar-refractivity contribution in [3.8, 4) is 5.69 Å². The van der Waals surface area contributed by atoms with Gasteiger partial charge in [-0.25, -0.2) is 9.36 Å². The van der Waals surface area contributed by atoms with Gasteiger partial charge in [0.1, 0.15) is 0 Å². The van der Waals surface area contributed by atoms with E-state index in [1.54, 1.807) is 42.5 Å². The standard InChI is InChI=1S/C14H8Cl2N2O2/c15-8-1-4-10(5-2-8)18-13(19)11-6-3-9(16)7-12(11)17-14(18)20/h1-7H,(H,17,20). The molecule has 0 fully saturated rings. The van der Waals surface area contributed by atoms with Crippen LogP contribution < -0.4 is 11.2 Å². The molecule has 0 atom stereocenters. The Labute approximate surface area is 123 Å². The molecule has 0 aliphatic rings. The average molecular weight is 307 g/mol. The fourth-order valence-corrected chi connectivity index (χ4v) is 2.31. The number of nitrogens with zero attached hydrogens (tertiary/aromatic N) is 1. The first-order valence-corrected chi connectivity index (χ1v) is 6.52. The smallest absolute Gasteiger partial charge is 0.306 e. The molecule has 1 heterocycles. The number of rotatable bonds is 1. The first-order chi connectivity index (χ1) is 9.56. The number of hydrogen-bond acceptors (Lipinski definition) is 2. The molecule has 0 bridgehead atoms. The highest BCUT2D eigenvalue weighted by atomic mass is 35.5. The van der Waals surface area contributed by atoms with Crippen molar-refractivity contribution in [1.82, 2.24) is 9.55 Å². The van der Waals surface area contributed by atoms with Crippen LogP contribution >= 0.6 is 23.2 Å². The van der Waals surface area contributed by atoms with Crippen molar-refractivity contribution >= 4 is 34.1 Å². The van der Waals surface area contributed by atoms with Crippen molar-refractivity contribution in [1.29, 1.82) is 0 Å². The second-order valence-electron chi connectivity index (χ2n) is 4.24. The van der Waals surface area contributed by atoms with Crippen LogP contribution in [-0.4, -0.2) is 9.55 Å². The molecule has 3 aromatic rings. The Morgan fingerprint density at radius 3 is 2.25 bits per heavy atom. The number of fused-ring (bicyclic) bond motifs is 1. The quantitative estimate of drug-likeness (QED) is 0.751. The van der Waals surface area contributed by atoms with Gasteiger partial charge in [-0.3, -0.25) is 4.79 Å². The number of H-pyrrole nitrogens is 1. The molecule has 0 saturated carbocycles. The first-order valence-electron chi connectivity index (χ1n) is 5.77. The van der Waals surface area contributed by atoms with E-state index in [2.05, 4.69) is 4.98 Å². The summed E-state index contributed by atoms with van der Waals surface area (Å²) in [7, 11) is 0. The summed E-state index contributed by atoms with van der Waals surface area (Å²) in [5.41, 5.74) is -0.0509. The minimum absolute atomic E-state index is 0.393.